The van der Waals surface area contributed by atoms with Gasteiger partial charge >= 0.3 is 0 Å². The predicted molar refractivity (Wildman–Crippen MR) is 83.6 cm³/mol. The number of aromatic nitrogens is 4. The standard InChI is InChI=1S/C14H15ClN4S/c15-11-4-3-5-12-13(11)17-14(20)19(12)8-2-1-7-18-9-6-16-10-18/h3-6,9-10H,1-2,7-8H2,(H,17,20). The smallest absolute Gasteiger partial charge is 0.178 e. The Morgan fingerprint density at radius 3 is 2.90 bits per heavy atom. The molecule has 1 N–H and O–H groups in total. The first-order valence-electron chi connectivity index (χ1n) is 6.58. The van der Waals surface area contributed by atoms with Gasteiger partial charge in [-0.25, -0.2) is 4.98 Å². The summed E-state index contributed by atoms with van der Waals surface area (Å²) in [6.45, 7) is 1.88. The maximum absolute atomic E-state index is 6.17. The summed E-state index contributed by atoms with van der Waals surface area (Å²) in [4.78, 5) is 7.22. The number of halogens is 1. The molecule has 2 aromatic heterocycles. The molecule has 0 unspecified atom stereocenters. The SMILES string of the molecule is S=c1[nH]c2c(Cl)cccc2n1CCCCn1ccnc1. The molecular weight excluding hydrogens is 292 g/mol. The molecule has 104 valence electrons. The molecule has 0 amide bonds. The first-order valence-corrected chi connectivity index (χ1v) is 7.37. The van der Waals surface area contributed by atoms with Crippen molar-refractivity contribution in [1.29, 1.82) is 0 Å². The molecule has 20 heavy (non-hydrogen) atoms. The van der Waals surface area contributed by atoms with Crippen LogP contribution in [-0.2, 0) is 13.1 Å². The molecule has 0 spiro atoms. The number of H-pyrrole nitrogens is 1. The predicted octanol–water partition coefficient (Wildman–Crippen LogP) is 4.03. The van der Waals surface area contributed by atoms with Crippen molar-refractivity contribution in [3.63, 3.8) is 0 Å². The fourth-order valence-corrected chi connectivity index (χ4v) is 2.86. The number of unbranched alkanes of at least 4 members (excludes halogenated alkanes) is 1. The minimum absolute atomic E-state index is 0.714. The van der Waals surface area contributed by atoms with E-state index in [0.29, 0.717) is 5.02 Å². The number of nitrogens with one attached hydrogen (secondary N) is 1. The van der Waals surface area contributed by atoms with Crippen LogP contribution in [0.15, 0.2) is 36.9 Å². The highest BCUT2D eigenvalue weighted by molar-refractivity contribution is 7.71. The van der Waals surface area contributed by atoms with Crippen molar-refractivity contribution in [2.75, 3.05) is 0 Å². The minimum atomic E-state index is 0.714. The van der Waals surface area contributed by atoms with Crippen molar-refractivity contribution in [1.82, 2.24) is 19.1 Å². The molecule has 2 heterocycles. The van der Waals surface area contributed by atoms with Crippen LogP contribution < -0.4 is 0 Å². The number of fused-ring (bicyclic) bond motifs is 1. The largest absolute Gasteiger partial charge is 0.337 e. The van der Waals surface area contributed by atoms with E-state index >= 15 is 0 Å². The summed E-state index contributed by atoms with van der Waals surface area (Å²) in [5.41, 5.74) is 2.00. The number of nitrogens with zero attached hydrogens (tertiary/aromatic N) is 3. The molecule has 3 rings (SSSR count). The molecule has 0 aliphatic heterocycles. The van der Waals surface area contributed by atoms with Crippen LogP contribution in [0, 0.1) is 4.77 Å². The van der Waals surface area contributed by atoms with Crippen molar-refractivity contribution in [3.8, 4) is 0 Å². The van der Waals surface area contributed by atoms with Crippen molar-refractivity contribution < 1.29 is 0 Å². The molecule has 0 bridgehead atoms. The fourth-order valence-electron chi connectivity index (χ4n) is 2.35. The zero-order valence-electron chi connectivity index (χ0n) is 10.9. The topological polar surface area (TPSA) is 38.5 Å². The summed E-state index contributed by atoms with van der Waals surface area (Å²) in [6.07, 6.45) is 7.78. The van der Waals surface area contributed by atoms with Crippen LogP contribution in [0.2, 0.25) is 5.02 Å². The molecule has 1 aromatic carbocycles. The number of hydrogen-bond donors (Lipinski definition) is 1. The average molecular weight is 307 g/mol. The van der Waals surface area contributed by atoms with Gasteiger partial charge in [0.2, 0.25) is 0 Å². The zero-order chi connectivity index (χ0) is 13.9. The molecule has 0 radical (unpaired) electrons. The Labute approximate surface area is 127 Å². The van der Waals surface area contributed by atoms with Gasteiger partial charge in [0.05, 0.1) is 22.4 Å². The van der Waals surface area contributed by atoms with Crippen LogP contribution >= 0.6 is 23.8 Å². The fraction of sp³-hybridized carbons (Fsp3) is 0.286. The first-order chi connectivity index (χ1) is 9.75. The summed E-state index contributed by atoms with van der Waals surface area (Å²) < 4.78 is 4.94. The number of hydrogen-bond acceptors (Lipinski definition) is 2. The third-order valence-corrected chi connectivity index (χ3v) is 4.00. The molecule has 0 saturated carbocycles. The van der Waals surface area contributed by atoms with E-state index in [4.69, 9.17) is 23.8 Å². The second-order valence-electron chi connectivity index (χ2n) is 4.72. The molecule has 4 nitrogen and oxygen atoms in total. The van der Waals surface area contributed by atoms with E-state index in [1.165, 1.54) is 0 Å². The van der Waals surface area contributed by atoms with Crippen LogP contribution in [0.3, 0.4) is 0 Å². The maximum atomic E-state index is 6.17. The van der Waals surface area contributed by atoms with Gasteiger partial charge in [-0.2, -0.15) is 0 Å². The quantitative estimate of drug-likeness (QED) is 0.571. The molecule has 0 aliphatic carbocycles. The van der Waals surface area contributed by atoms with E-state index in [1.807, 2.05) is 30.7 Å². The van der Waals surface area contributed by atoms with E-state index in [-0.39, 0.29) is 0 Å². The van der Waals surface area contributed by atoms with Gasteiger partial charge in [0.1, 0.15) is 0 Å². The van der Waals surface area contributed by atoms with Crippen LogP contribution in [0.4, 0.5) is 0 Å². The van der Waals surface area contributed by atoms with Crippen LogP contribution in [0.1, 0.15) is 12.8 Å². The van der Waals surface area contributed by atoms with Gasteiger partial charge < -0.3 is 14.1 Å². The maximum Gasteiger partial charge on any atom is 0.178 e. The lowest BCUT2D eigenvalue weighted by Crippen LogP contribution is -2.01. The average Bonchev–Trinajstić information content (AvgIpc) is 3.04. The van der Waals surface area contributed by atoms with Crippen molar-refractivity contribution in [3.05, 3.63) is 46.7 Å². The molecule has 6 heteroatoms. The lowest BCUT2D eigenvalue weighted by molar-refractivity contribution is 0.556. The highest BCUT2D eigenvalue weighted by Crippen LogP contribution is 2.22. The Kier molecular flexibility index (Phi) is 3.89. The number of aromatic amines is 1. The Balaban J connectivity index is 1.70. The summed E-state index contributed by atoms with van der Waals surface area (Å²) in [5, 5.41) is 0.714. The van der Waals surface area contributed by atoms with E-state index in [2.05, 4.69) is 19.1 Å². The second-order valence-corrected chi connectivity index (χ2v) is 5.52. The molecule has 0 atom stereocenters. The Hall–Kier alpha value is -1.59. The van der Waals surface area contributed by atoms with Gasteiger partial charge in [-0.05, 0) is 37.2 Å². The number of aryl methyl sites for hydroxylation is 2. The van der Waals surface area contributed by atoms with Gasteiger partial charge in [-0.1, -0.05) is 17.7 Å². The molecule has 0 fully saturated rings. The van der Waals surface area contributed by atoms with Gasteiger partial charge in [0, 0.05) is 25.5 Å². The highest BCUT2D eigenvalue weighted by atomic mass is 35.5. The van der Waals surface area contributed by atoms with E-state index in [9.17, 15) is 0 Å². The summed E-state index contributed by atoms with van der Waals surface area (Å²) in [6, 6.07) is 5.87. The lowest BCUT2D eigenvalue weighted by atomic mass is 10.3. The molecule has 0 aliphatic rings. The minimum Gasteiger partial charge on any atom is -0.337 e. The van der Waals surface area contributed by atoms with Gasteiger partial charge in [-0.15, -0.1) is 0 Å². The normalized spacial score (nSPS) is 11.2. The first kappa shape index (κ1) is 13.4. The Bertz CT molecular complexity index is 757. The van der Waals surface area contributed by atoms with Gasteiger partial charge in [0.15, 0.2) is 4.77 Å². The van der Waals surface area contributed by atoms with E-state index in [0.717, 1.165) is 41.7 Å². The second kappa shape index (κ2) is 5.81. The van der Waals surface area contributed by atoms with Crippen LogP contribution in [0.5, 0.6) is 0 Å². The highest BCUT2D eigenvalue weighted by Gasteiger charge is 2.06. The summed E-state index contributed by atoms with van der Waals surface area (Å²) in [5.74, 6) is 0. The Morgan fingerprint density at radius 1 is 1.25 bits per heavy atom. The molecule has 0 saturated heterocycles. The van der Waals surface area contributed by atoms with Gasteiger partial charge in [0.25, 0.3) is 0 Å². The summed E-state index contributed by atoms with van der Waals surface area (Å²) >= 11 is 11.5. The number of para-hydroxylation sites is 1. The third-order valence-electron chi connectivity index (χ3n) is 3.37. The molecular formula is C14H15ClN4S. The zero-order valence-corrected chi connectivity index (χ0v) is 12.5. The lowest BCUT2D eigenvalue weighted by Gasteiger charge is -2.05. The van der Waals surface area contributed by atoms with Crippen LogP contribution in [-0.4, -0.2) is 19.1 Å². The summed E-state index contributed by atoms with van der Waals surface area (Å²) in [7, 11) is 0. The third kappa shape index (κ3) is 2.64. The number of rotatable bonds is 5. The van der Waals surface area contributed by atoms with Crippen molar-refractivity contribution in [2.24, 2.45) is 0 Å². The van der Waals surface area contributed by atoms with Crippen molar-refractivity contribution in [2.45, 2.75) is 25.9 Å². The van der Waals surface area contributed by atoms with E-state index < -0.39 is 0 Å². The van der Waals surface area contributed by atoms with Crippen molar-refractivity contribution >= 4 is 34.9 Å². The monoisotopic (exact) mass is 306 g/mol. The van der Waals surface area contributed by atoms with E-state index in [1.54, 1.807) is 6.20 Å². The van der Waals surface area contributed by atoms with Crippen LogP contribution in [0.25, 0.3) is 11.0 Å². The molecule has 3 aromatic rings. The number of imidazole rings is 2. The van der Waals surface area contributed by atoms with Gasteiger partial charge in [-0.3, -0.25) is 0 Å². The Morgan fingerprint density at radius 2 is 2.10 bits per heavy atom. The number of benzene rings is 1.